The molecule has 0 aliphatic heterocycles. The fourth-order valence-corrected chi connectivity index (χ4v) is 1.50. The Balaban J connectivity index is 2.79. The minimum atomic E-state index is -0.472. The lowest BCUT2D eigenvalue weighted by molar-refractivity contribution is 0.0657. The average Bonchev–Trinajstić information content (AvgIpc) is 2.37. The van der Waals surface area contributed by atoms with E-state index in [9.17, 15) is 9.59 Å². The highest BCUT2D eigenvalue weighted by molar-refractivity contribution is 5.30. The first-order valence-corrected chi connectivity index (χ1v) is 5.78. The van der Waals surface area contributed by atoms with Crippen LogP contribution in [0.1, 0.15) is 6.92 Å². The first-order valence-electron chi connectivity index (χ1n) is 5.78. The van der Waals surface area contributed by atoms with Crippen molar-refractivity contribution in [1.82, 2.24) is 9.13 Å². The molecule has 0 aliphatic carbocycles. The molecule has 0 radical (unpaired) electrons. The summed E-state index contributed by atoms with van der Waals surface area (Å²) in [4.78, 5) is 23.6. The molecule has 1 aromatic heterocycles. The maximum atomic E-state index is 11.9. The van der Waals surface area contributed by atoms with Gasteiger partial charge >= 0.3 is 5.69 Å². The van der Waals surface area contributed by atoms with Gasteiger partial charge in [0, 0.05) is 19.9 Å². The first kappa shape index (κ1) is 14.5. The van der Waals surface area contributed by atoms with Gasteiger partial charge in [-0.1, -0.05) is 0 Å². The van der Waals surface area contributed by atoms with E-state index < -0.39 is 5.56 Å². The summed E-state index contributed by atoms with van der Waals surface area (Å²) in [5.74, 6) is 0. The molecule has 0 unspecified atom stereocenters. The molecule has 18 heavy (non-hydrogen) atoms. The number of aromatic nitrogens is 2. The summed E-state index contributed by atoms with van der Waals surface area (Å²) in [5.41, 5.74) is 4.79. The number of hydrogen-bond donors (Lipinski definition) is 1. The molecule has 0 aromatic carbocycles. The third-order valence-corrected chi connectivity index (χ3v) is 2.50. The number of rotatable bonds is 7. The molecule has 0 fully saturated rings. The van der Waals surface area contributed by atoms with Crippen molar-refractivity contribution in [1.29, 1.82) is 0 Å². The van der Waals surface area contributed by atoms with E-state index >= 15 is 0 Å². The lowest BCUT2D eigenvalue weighted by atomic mass is 10.5. The number of nitrogen functional groups attached to an aromatic ring is 1. The topological polar surface area (TPSA) is 88.5 Å². The van der Waals surface area contributed by atoms with Crippen LogP contribution in [-0.2, 0) is 22.6 Å². The standard InChI is InChI=1S/C11H19N3O4/c1-3-13-8-9(12)10(15)14(11(13)16)4-5-18-7-6-17-2/h8H,3-7,12H2,1-2H3. The number of hydrogen-bond acceptors (Lipinski definition) is 5. The molecule has 0 aliphatic rings. The van der Waals surface area contributed by atoms with Crippen molar-refractivity contribution in [2.24, 2.45) is 0 Å². The second-order valence-corrected chi connectivity index (χ2v) is 3.71. The van der Waals surface area contributed by atoms with Gasteiger partial charge in [0.2, 0.25) is 0 Å². The van der Waals surface area contributed by atoms with Gasteiger partial charge in [0.1, 0.15) is 5.69 Å². The van der Waals surface area contributed by atoms with Gasteiger partial charge in [-0.25, -0.2) is 4.79 Å². The van der Waals surface area contributed by atoms with Crippen LogP contribution in [0.2, 0.25) is 0 Å². The summed E-state index contributed by atoms with van der Waals surface area (Å²) in [6.45, 7) is 3.64. The van der Waals surface area contributed by atoms with Crippen LogP contribution in [0.15, 0.2) is 15.8 Å². The Hall–Kier alpha value is -1.60. The first-order chi connectivity index (χ1) is 8.61. The van der Waals surface area contributed by atoms with E-state index in [2.05, 4.69) is 0 Å². The number of nitrogens with zero attached hydrogens (tertiary/aromatic N) is 2. The second-order valence-electron chi connectivity index (χ2n) is 3.71. The number of aryl methyl sites for hydroxylation is 1. The van der Waals surface area contributed by atoms with Crippen LogP contribution in [-0.4, -0.2) is 36.1 Å². The predicted octanol–water partition coefficient (Wildman–Crippen LogP) is -0.725. The summed E-state index contributed by atoms with van der Waals surface area (Å²) in [7, 11) is 1.58. The third kappa shape index (κ3) is 3.44. The van der Waals surface area contributed by atoms with E-state index in [4.69, 9.17) is 15.2 Å². The Labute approximate surface area is 105 Å². The van der Waals surface area contributed by atoms with Gasteiger partial charge in [-0.15, -0.1) is 0 Å². The van der Waals surface area contributed by atoms with Crippen molar-refractivity contribution in [2.45, 2.75) is 20.0 Å². The molecule has 0 amide bonds. The van der Waals surface area contributed by atoms with Crippen LogP contribution in [0.3, 0.4) is 0 Å². The predicted molar refractivity (Wildman–Crippen MR) is 67.7 cm³/mol. The highest BCUT2D eigenvalue weighted by Crippen LogP contribution is 1.90. The van der Waals surface area contributed by atoms with E-state index in [0.717, 1.165) is 4.57 Å². The quantitative estimate of drug-likeness (QED) is 0.651. The molecular formula is C11H19N3O4. The van der Waals surface area contributed by atoms with Gasteiger partial charge in [0.15, 0.2) is 0 Å². The van der Waals surface area contributed by atoms with Crippen LogP contribution >= 0.6 is 0 Å². The van der Waals surface area contributed by atoms with Crippen molar-refractivity contribution in [3.63, 3.8) is 0 Å². The van der Waals surface area contributed by atoms with Gasteiger partial charge in [-0.05, 0) is 6.92 Å². The summed E-state index contributed by atoms with van der Waals surface area (Å²) >= 11 is 0. The zero-order valence-corrected chi connectivity index (χ0v) is 10.7. The van der Waals surface area contributed by atoms with Crippen LogP contribution in [0.5, 0.6) is 0 Å². The van der Waals surface area contributed by atoms with Gasteiger partial charge in [-0.2, -0.15) is 0 Å². The molecule has 102 valence electrons. The van der Waals surface area contributed by atoms with E-state index in [1.807, 2.05) is 6.92 Å². The minimum absolute atomic E-state index is 0.0633. The van der Waals surface area contributed by atoms with Gasteiger partial charge in [0.25, 0.3) is 5.56 Å². The van der Waals surface area contributed by atoms with Crippen molar-refractivity contribution < 1.29 is 9.47 Å². The monoisotopic (exact) mass is 257 g/mol. The maximum absolute atomic E-state index is 11.9. The van der Waals surface area contributed by atoms with Crippen LogP contribution in [0.4, 0.5) is 5.69 Å². The van der Waals surface area contributed by atoms with Crippen LogP contribution < -0.4 is 17.0 Å². The maximum Gasteiger partial charge on any atom is 0.331 e. The molecule has 7 nitrogen and oxygen atoms in total. The van der Waals surface area contributed by atoms with Crippen LogP contribution in [0, 0.1) is 0 Å². The summed E-state index contributed by atoms with van der Waals surface area (Å²) in [6.07, 6.45) is 1.37. The lowest BCUT2D eigenvalue weighted by Gasteiger charge is -2.10. The number of methoxy groups -OCH3 is 1. The molecule has 1 rings (SSSR count). The lowest BCUT2D eigenvalue weighted by Crippen LogP contribution is -2.41. The smallest absolute Gasteiger partial charge is 0.331 e. The van der Waals surface area contributed by atoms with Gasteiger partial charge in [0.05, 0.1) is 26.4 Å². The van der Waals surface area contributed by atoms with E-state index in [0.29, 0.717) is 19.8 Å². The highest BCUT2D eigenvalue weighted by Gasteiger charge is 2.07. The Morgan fingerprint density at radius 1 is 1.28 bits per heavy atom. The number of nitrogens with two attached hydrogens (primary N) is 1. The summed E-state index contributed by atoms with van der Waals surface area (Å²) < 4.78 is 12.5. The highest BCUT2D eigenvalue weighted by atomic mass is 16.5. The molecule has 7 heteroatoms. The SMILES string of the molecule is CCn1cc(N)c(=O)n(CCOCCOC)c1=O. The van der Waals surface area contributed by atoms with Gasteiger partial charge < -0.3 is 15.2 Å². The Kier molecular flexibility index (Phi) is 5.60. The Morgan fingerprint density at radius 2 is 2.00 bits per heavy atom. The molecule has 0 bridgehead atoms. The average molecular weight is 257 g/mol. The van der Waals surface area contributed by atoms with E-state index in [-0.39, 0.29) is 24.5 Å². The number of anilines is 1. The molecular weight excluding hydrogens is 238 g/mol. The Morgan fingerprint density at radius 3 is 2.61 bits per heavy atom. The van der Waals surface area contributed by atoms with Gasteiger partial charge in [-0.3, -0.25) is 13.9 Å². The molecule has 0 spiro atoms. The zero-order chi connectivity index (χ0) is 13.5. The zero-order valence-electron chi connectivity index (χ0n) is 10.7. The molecule has 1 aromatic rings. The molecule has 0 saturated carbocycles. The molecule has 0 atom stereocenters. The fraction of sp³-hybridized carbons (Fsp3) is 0.636. The van der Waals surface area contributed by atoms with Crippen molar-refractivity contribution in [3.05, 3.63) is 27.0 Å². The fourth-order valence-electron chi connectivity index (χ4n) is 1.50. The van der Waals surface area contributed by atoms with Crippen molar-refractivity contribution in [3.8, 4) is 0 Å². The Bertz CT molecular complexity index is 492. The van der Waals surface area contributed by atoms with Crippen molar-refractivity contribution in [2.75, 3.05) is 32.7 Å². The van der Waals surface area contributed by atoms with Crippen molar-refractivity contribution >= 4 is 5.69 Å². The largest absolute Gasteiger partial charge is 0.393 e. The minimum Gasteiger partial charge on any atom is -0.393 e. The summed E-state index contributed by atoms with van der Waals surface area (Å²) in [5, 5.41) is 0. The normalized spacial score (nSPS) is 10.8. The number of ether oxygens (including phenoxy) is 2. The van der Waals surface area contributed by atoms with E-state index in [1.54, 1.807) is 7.11 Å². The third-order valence-electron chi connectivity index (χ3n) is 2.50. The van der Waals surface area contributed by atoms with Crippen LogP contribution in [0.25, 0.3) is 0 Å². The molecule has 1 heterocycles. The molecule has 0 saturated heterocycles. The summed E-state index contributed by atoms with van der Waals surface area (Å²) in [6, 6.07) is 0. The van der Waals surface area contributed by atoms with E-state index in [1.165, 1.54) is 10.8 Å². The second kappa shape index (κ2) is 6.97. The molecule has 2 N–H and O–H groups in total.